The van der Waals surface area contributed by atoms with Gasteiger partial charge in [-0.1, -0.05) is 13.0 Å². The maximum atomic E-state index is 12.2. The summed E-state index contributed by atoms with van der Waals surface area (Å²) >= 11 is 0. The van der Waals surface area contributed by atoms with Crippen molar-refractivity contribution in [2.24, 2.45) is 11.3 Å². The SMILES string of the molecule is CCC(C#N)C(Oc1c(-c2ccc3c(c2)CNC3=O)ccc(OC)c1OC)C1(C(=O)O)CC1. The average molecular weight is 450 g/mol. The number of nitriles is 1. The van der Waals surface area contributed by atoms with E-state index in [0.29, 0.717) is 54.2 Å². The first-order chi connectivity index (χ1) is 15.9. The Morgan fingerprint density at radius 2 is 1.91 bits per heavy atom. The number of carbonyl (C=O) groups is 2. The maximum absolute atomic E-state index is 12.2. The number of rotatable bonds is 9. The van der Waals surface area contributed by atoms with Gasteiger partial charge in [0, 0.05) is 17.7 Å². The molecule has 4 rings (SSSR count). The monoisotopic (exact) mass is 450 g/mol. The minimum atomic E-state index is -1.12. The highest BCUT2D eigenvalue weighted by molar-refractivity contribution is 5.99. The molecule has 8 nitrogen and oxygen atoms in total. The van der Waals surface area contributed by atoms with E-state index >= 15 is 0 Å². The van der Waals surface area contributed by atoms with Crippen molar-refractivity contribution in [3.63, 3.8) is 0 Å². The molecule has 8 heteroatoms. The Morgan fingerprint density at radius 1 is 1.18 bits per heavy atom. The van der Waals surface area contributed by atoms with Gasteiger partial charge in [-0.15, -0.1) is 0 Å². The quantitative estimate of drug-likeness (QED) is 0.597. The summed E-state index contributed by atoms with van der Waals surface area (Å²) < 4.78 is 17.5. The van der Waals surface area contributed by atoms with Crippen LogP contribution >= 0.6 is 0 Å². The third kappa shape index (κ3) is 3.74. The highest BCUT2D eigenvalue weighted by Crippen LogP contribution is 2.55. The Morgan fingerprint density at radius 3 is 2.48 bits per heavy atom. The Balaban J connectivity index is 1.86. The van der Waals surface area contributed by atoms with Crippen LogP contribution in [0.4, 0.5) is 0 Å². The van der Waals surface area contributed by atoms with Gasteiger partial charge in [0.1, 0.15) is 11.5 Å². The highest BCUT2D eigenvalue weighted by atomic mass is 16.5. The lowest BCUT2D eigenvalue weighted by Crippen LogP contribution is -2.40. The molecule has 1 amide bonds. The summed E-state index contributed by atoms with van der Waals surface area (Å²) in [5, 5.41) is 22.5. The van der Waals surface area contributed by atoms with Crippen LogP contribution in [0.1, 0.15) is 42.1 Å². The van der Waals surface area contributed by atoms with Crippen LogP contribution in [0, 0.1) is 22.7 Å². The number of carboxylic acids is 1. The van der Waals surface area contributed by atoms with Gasteiger partial charge < -0.3 is 24.6 Å². The van der Waals surface area contributed by atoms with E-state index in [2.05, 4.69) is 11.4 Å². The normalized spacial score (nSPS) is 17.2. The van der Waals surface area contributed by atoms with Crippen molar-refractivity contribution in [1.29, 1.82) is 5.26 Å². The zero-order valence-electron chi connectivity index (χ0n) is 18.8. The fourth-order valence-electron chi connectivity index (χ4n) is 4.48. The molecular formula is C25H26N2O6. The first kappa shape index (κ1) is 22.5. The zero-order chi connectivity index (χ0) is 23.8. The topological polar surface area (TPSA) is 118 Å². The van der Waals surface area contributed by atoms with E-state index in [1.165, 1.54) is 14.2 Å². The van der Waals surface area contributed by atoms with Gasteiger partial charge >= 0.3 is 5.97 Å². The van der Waals surface area contributed by atoms with Crippen molar-refractivity contribution in [3.8, 4) is 34.4 Å². The summed E-state index contributed by atoms with van der Waals surface area (Å²) in [6.07, 6.45) is 0.478. The summed E-state index contributed by atoms with van der Waals surface area (Å²) in [6.45, 7) is 2.28. The molecule has 1 aliphatic heterocycles. The van der Waals surface area contributed by atoms with E-state index in [0.717, 1.165) is 11.1 Å². The average Bonchev–Trinajstić information content (AvgIpc) is 3.56. The standard InChI is InChI=1S/C25H26N2O6/c1-4-14(12-26)22(25(9-10-25)24(29)30)33-20-17(7-8-19(31-2)21(20)32-3)15-5-6-18-16(11-15)13-27-23(18)28/h5-8,11,14,22H,4,9-10,13H2,1-3H3,(H,27,28)(H,29,30). The van der Waals surface area contributed by atoms with E-state index in [1.807, 2.05) is 25.1 Å². The molecule has 0 spiro atoms. The lowest BCUT2D eigenvalue weighted by molar-refractivity contribution is -0.148. The molecule has 0 bridgehead atoms. The molecule has 0 saturated heterocycles. The Kier molecular flexibility index (Phi) is 5.90. The highest BCUT2D eigenvalue weighted by Gasteiger charge is 2.60. The molecule has 33 heavy (non-hydrogen) atoms. The second kappa shape index (κ2) is 8.66. The number of aliphatic carboxylic acids is 1. The molecule has 2 aromatic carbocycles. The van der Waals surface area contributed by atoms with E-state index in [4.69, 9.17) is 14.2 Å². The predicted molar refractivity (Wildman–Crippen MR) is 119 cm³/mol. The maximum Gasteiger partial charge on any atom is 0.313 e. The molecule has 1 heterocycles. The summed E-state index contributed by atoms with van der Waals surface area (Å²) in [4.78, 5) is 24.1. The number of fused-ring (bicyclic) bond motifs is 1. The Bertz CT molecular complexity index is 1150. The van der Waals surface area contributed by atoms with Gasteiger partial charge in [0.05, 0.1) is 26.2 Å². The number of amides is 1. The molecule has 2 aromatic rings. The second-order valence-corrected chi connectivity index (χ2v) is 8.38. The summed E-state index contributed by atoms with van der Waals surface area (Å²) in [5.41, 5.74) is 1.81. The molecule has 2 aliphatic rings. The van der Waals surface area contributed by atoms with Crippen molar-refractivity contribution < 1.29 is 28.9 Å². The smallest absolute Gasteiger partial charge is 0.313 e. The lowest BCUT2D eigenvalue weighted by atomic mass is 9.87. The Labute approximate surface area is 192 Å². The largest absolute Gasteiger partial charge is 0.493 e. The molecule has 0 radical (unpaired) electrons. The first-order valence-corrected chi connectivity index (χ1v) is 10.9. The number of methoxy groups -OCH3 is 2. The van der Waals surface area contributed by atoms with E-state index < -0.39 is 23.4 Å². The number of benzene rings is 2. The van der Waals surface area contributed by atoms with Crippen molar-refractivity contribution >= 4 is 11.9 Å². The molecule has 172 valence electrons. The van der Waals surface area contributed by atoms with E-state index in [-0.39, 0.29) is 5.91 Å². The Hall–Kier alpha value is -3.73. The minimum absolute atomic E-state index is 0.114. The fourth-order valence-corrected chi connectivity index (χ4v) is 4.48. The van der Waals surface area contributed by atoms with Crippen LogP contribution in [-0.4, -0.2) is 37.3 Å². The van der Waals surface area contributed by atoms with Crippen LogP contribution in [-0.2, 0) is 11.3 Å². The molecule has 2 unspecified atom stereocenters. The van der Waals surface area contributed by atoms with Crippen LogP contribution in [0.3, 0.4) is 0 Å². The van der Waals surface area contributed by atoms with Crippen LogP contribution in [0.25, 0.3) is 11.1 Å². The molecule has 1 aliphatic carbocycles. The predicted octanol–water partition coefficient (Wildman–Crippen LogP) is 3.78. The summed E-state index contributed by atoms with van der Waals surface area (Å²) in [5.74, 6) is -0.625. The van der Waals surface area contributed by atoms with Gasteiger partial charge in [-0.3, -0.25) is 9.59 Å². The summed E-state index contributed by atoms with van der Waals surface area (Å²) in [7, 11) is 3.00. The van der Waals surface area contributed by atoms with Gasteiger partial charge in [0.2, 0.25) is 5.75 Å². The third-order valence-corrected chi connectivity index (χ3v) is 6.58. The van der Waals surface area contributed by atoms with Crippen LogP contribution < -0.4 is 19.5 Å². The molecule has 0 aromatic heterocycles. The van der Waals surface area contributed by atoms with E-state index in [1.54, 1.807) is 12.1 Å². The number of hydrogen-bond acceptors (Lipinski definition) is 6. The second-order valence-electron chi connectivity index (χ2n) is 8.38. The number of hydrogen-bond donors (Lipinski definition) is 2. The lowest BCUT2D eigenvalue weighted by Gasteiger charge is -2.30. The van der Waals surface area contributed by atoms with Crippen molar-refractivity contribution in [2.75, 3.05) is 14.2 Å². The van der Waals surface area contributed by atoms with Gasteiger partial charge in [-0.05, 0) is 54.7 Å². The fraction of sp³-hybridized carbons (Fsp3) is 0.400. The van der Waals surface area contributed by atoms with Crippen molar-refractivity contribution in [2.45, 2.75) is 38.8 Å². The third-order valence-electron chi connectivity index (χ3n) is 6.58. The first-order valence-electron chi connectivity index (χ1n) is 10.9. The molecule has 1 saturated carbocycles. The molecule has 1 fully saturated rings. The van der Waals surface area contributed by atoms with Gasteiger partial charge in [-0.2, -0.15) is 5.26 Å². The number of nitrogens with zero attached hydrogens (tertiary/aromatic N) is 1. The van der Waals surface area contributed by atoms with Crippen molar-refractivity contribution in [3.05, 3.63) is 41.5 Å². The van der Waals surface area contributed by atoms with Gasteiger partial charge in [0.15, 0.2) is 11.5 Å². The molecule has 2 N–H and O–H groups in total. The van der Waals surface area contributed by atoms with Crippen molar-refractivity contribution in [1.82, 2.24) is 5.32 Å². The van der Waals surface area contributed by atoms with Gasteiger partial charge in [-0.25, -0.2) is 0 Å². The zero-order valence-corrected chi connectivity index (χ0v) is 18.8. The van der Waals surface area contributed by atoms with Crippen LogP contribution in [0.5, 0.6) is 17.2 Å². The number of ether oxygens (including phenoxy) is 3. The van der Waals surface area contributed by atoms with Gasteiger partial charge in [0.25, 0.3) is 5.91 Å². The van der Waals surface area contributed by atoms with Crippen LogP contribution in [0.15, 0.2) is 30.3 Å². The molecule has 2 atom stereocenters. The van der Waals surface area contributed by atoms with Crippen LogP contribution in [0.2, 0.25) is 0 Å². The number of carboxylic acid groups (broad SMARTS) is 1. The number of nitrogens with one attached hydrogen (secondary N) is 1. The molecular weight excluding hydrogens is 424 g/mol. The van der Waals surface area contributed by atoms with E-state index in [9.17, 15) is 20.0 Å². The number of carbonyl (C=O) groups excluding carboxylic acids is 1. The minimum Gasteiger partial charge on any atom is -0.493 e. The summed E-state index contributed by atoms with van der Waals surface area (Å²) in [6, 6.07) is 11.3.